The molecule has 8 N–H and O–H groups in total. The van der Waals surface area contributed by atoms with Gasteiger partial charge >= 0.3 is 0 Å². The summed E-state index contributed by atoms with van der Waals surface area (Å²) in [5, 5.41) is 80.2. The quantitative estimate of drug-likeness (QED) is 0.186. The monoisotopic (exact) mass is 588 g/mol. The molecule has 0 spiro atoms. The fourth-order valence-corrected chi connectivity index (χ4v) is 5.32. The fourth-order valence-electron chi connectivity index (χ4n) is 5.32. The van der Waals surface area contributed by atoms with Gasteiger partial charge in [0.25, 0.3) is 0 Å². The van der Waals surface area contributed by atoms with Gasteiger partial charge in [-0.3, -0.25) is 0 Å². The predicted octanol–water partition coefficient (Wildman–Crippen LogP) is -1.08. The van der Waals surface area contributed by atoms with Gasteiger partial charge in [0.1, 0.15) is 60.2 Å². The lowest BCUT2D eigenvalue weighted by molar-refractivity contribution is -0.323. The minimum atomic E-state index is -1.57. The second-order valence-corrected chi connectivity index (χ2v) is 10.6. The van der Waals surface area contributed by atoms with Crippen LogP contribution < -0.4 is 4.74 Å². The molecule has 0 saturated carbocycles. The molecule has 2 fully saturated rings. The molecule has 42 heavy (non-hydrogen) atoms. The SMILES string of the molecule is OC[C@H]1OC(Oc2ccc(C3=CCC(OC4O[C@H](CO)[C@H](O)[C@H](O)[C@H]4O)(c4ccccc4)C=C3)cc2)[C@H](O)[C@@H](O)[C@H]1O. The molecule has 3 aliphatic rings. The zero-order valence-electron chi connectivity index (χ0n) is 22.5. The Morgan fingerprint density at radius 1 is 0.690 bits per heavy atom. The first-order valence-electron chi connectivity index (χ1n) is 13.7. The number of benzene rings is 2. The van der Waals surface area contributed by atoms with Gasteiger partial charge < -0.3 is 59.8 Å². The molecular weight excluding hydrogens is 552 g/mol. The van der Waals surface area contributed by atoms with Crippen LogP contribution in [0.2, 0.25) is 0 Å². The van der Waals surface area contributed by atoms with Gasteiger partial charge in [-0.2, -0.15) is 0 Å². The average molecular weight is 589 g/mol. The van der Waals surface area contributed by atoms with Crippen LogP contribution in [-0.2, 0) is 19.8 Å². The summed E-state index contributed by atoms with van der Waals surface area (Å²) in [5.74, 6) is 0.327. The van der Waals surface area contributed by atoms with Gasteiger partial charge in [0.2, 0.25) is 6.29 Å². The molecule has 1 aliphatic carbocycles. The number of aliphatic hydroxyl groups is 8. The van der Waals surface area contributed by atoms with Crippen LogP contribution in [0.5, 0.6) is 5.75 Å². The maximum Gasteiger partial charge on any atom is 0.229 e. The Bertz CT molecular complexity index is 1230. The highest BCUT2D eigenvalue weighted by molar-refractivity contribution is 5.76. The molecule has 2 aliphatic heterocycles. The van der Waals surface area contributed by atoms with Crippen molar-refractivity contribution < 1.29 is 59.8 Å². The third-order valence-electron chi connectivity index (χ3n) is 7.88. The highest BCUT2D eigenvalue weighted by Crippen LogP contribution is 2.40. The Kier molecular flexibility index (Phi) is 9.42. The predicted molar refractivity (Wildman–Crippen MR) is 146 cm³/mol. The van der Waals surface area contributed by atoms with E-state index in [2.05, 4.69) is 0 Å². The summed E-state index contributed by atoms with van der Waals surface area (Å²) < 4.78 is 23.0. The van der Waals surface area contributed by atoms with Crippen LogP contribution in [0.1, 0.15) is 17.5 Å². The van der Waals surface area contributed by atoms with E-state index in [1.54, 1.807) is 24.3 Å². The van der Waals surface area contributed by atoms with Crippen molar-refractivity contribution >= 4 is 5.57 Å². The van der Waals surface area contributed by atoms with Crippen LogP contribution in [0.3, 0.4) is 0 Å². The van der Waals surface area contributed by atoms with Crippen LogP contribution in [0.4, 0.5) is 0 Å². The van der Waals surface area contributed by atoms with Gasteiger partial charge in [-0.15, -0.1) is 0 Å². The molecule has 2 aromatic rings. The summed E-state index contributed by atoms with van der Waals surface area (Å²) in [5.41, 5.74) is 1.34. The van der Waals surface area contributed by atoms with Crippen molar-refractivity contribution in [2.45, 2.75) is 73.4 Å². The lowest BCUT2D eigenvalue weighted by Crippen LogP contribution is -2.60. The lowest BCUT2D eigenvalue weighted by Gasteiger charge is -2.44. The van der Waals surface area contributed by atoms with E-state index in [1.165, 1.54) is 0 Å². The van der Waals surface area contributed by atoms with Gasteiger partial charge in [0, 0.05) is 6.42 Å². The van der Waals surface area contributed by atoms with Crippen molar-refractivity contribution in [1.82, 2.24) is 0 Å². The van der Waals surface area contributed by atoms with Crippen molar-refractivity contribution in [1.29, 1.82) is 0 Å². The molecule has 228 valence electrons. The van der Waals surface area contributed by atoms with Crippen LogP contribution in [0, 0.1) is 0 Å². The first kappa shape index (κ1) is 30.7. The van der Waals surface area contributed by atoms with Gasteiger partial charge in [0.15, 0.2) is 6.29 Å². The summed E-state index contributed by atoms with van der Waals surface area (Å²) in [6, 6.07) is 16.1. The average Bonchev–Trinajstić information content (AvgIpc) is 3.02. The molecule has 0 aromatic heterocycles. The Labute approximate surface area is 241 Å². The third-order valence-corrected chi connectivity index (χ3v) is 7.88. The smallest absolute Gasteiger partial charge is 0.229 e. The molecule has 0 radical (unpaired) electrons. The van der Waals surface area contributed by atoms with E-state index in [4.69, 9.17) is 18.9 Å². The van der Waals surface area contributed by atoms with E-state index in [9.17, 15) is 40.9 Å². The van der Waals surface area contributed by atoms with Crippen LogP contribution in [0.15, 0.2) is 72.8 Å². The topological polar surface area (TPSA) is 199 Å². The summed E-state index contributed by atoms with van der Waals surface area (Å²) in [6.45, 7) is -1.13. The zero-order chi connectivity index (χ0) is 30.0. The standard InChI is InChI=1S/C30H36O12/c31-14-20-22(33)24(35)26(37)28(40-20)39-19-8-6-16(7-9-19)17-10-12-30(13-11-17,18-4-2-1-3-5-18)42-29-27(38)25(36)23(34)21(15-32)41-29/h1-12,20-29,31-38H,13-15H2/t20-,21-,22+,23+,24+,25+,26-,27-,28?,29?,30?/m1/s1. The van der Waals surface area contributed by atoms with Crippen molar-refractivity contribution in [2.24, 2.45) is 0 Å². The molecule has 2 heterocycles. The molecule has 0 bridgehead atoms. The normalized spacial score (nSPS) is 38.6. The van der Waals surface area contributed by atoms with Gasteiger partial charge in [0.05, 0.1) is 13.2 Å². The number of rotatable bonds is 8. The van der Waals surface area contributed by atoms with Crippen molar-refractivity contribution in [3.8, 4) is 5.75 Å². The molecular formula is C30H36O12. The molecule has 12 nitrogen and oxygen atoms in total. The molecule has 12 heteroatoms. The molecule has 2 saturated heterocycles. The maximum absolute atomic E-state index is 10.6. The third kappa shape index (κ3) is 6.02. The number of allylic oxidation sites excluding steroid dienone is 2. The fraction of sp³-hybridized carbons (Fsp3) is 0.467. The van der Waals surface area contributed by atoms with Crippen molar-refractivity contribution in [2.75, 3.05) is 13.2 Å². The summed E-state index contributed by atoms with van der Waals surface area (Å²) >= 11 is 0. The van der Waals surface area contributed by atoms with Crippen LogP contribution >= 0.6 is 0 Å². The first-order valence-corrected chi connectivity index (χ1v) is 13.7. The second kappa shape index (κ2) is 12.9. The molecule has 2 aromatic carbocycles. The Balaban J connectivity index is 1.32. The van der Waals surface area contributed by atoms with Gasteiger partial charge in [-0.25, -0.2) is 0 Å². The largest absolute Gasteiger partial charge is 0.462 e. The van der Waals surface area contributed by atoms with Crippen molar-refractivity contribution in [3.05, 3.63) is 84.0 Å². The van der Waals surface area contributed by atoms with E-state index in [0.29, 0.717) is 12.2 Å². The lowest BCUT2D eigenvalue weighted by atomic mass is 9.83. The minimum Gasteiger partial charge on any atom is -0.462 e. The Hall–Kier alpha value is -2.72. The van der Waals surface area contributed by atoms with E-state index in [1.807, 2.05) is 48.6 Å². The van der Waals surface area contributed by atoms with E-state index in [0.717, 1.165) is 16.7 Å². The zero-order valence-corrected chi connectivity index (χ0v) is 22.5. The summed E-state index contributed by atoms with van der Waals surface area (Å²) in [4.78, 5) is 0. The van der Waals surface area contributed by atoms with Gasteiger partial charge in [-0.1, -0.05) is 54.6 Å². The molecule has 11 atom stereocenters. The van der Waals surface area contributed by atoms with E-state index >= 15 is 0 Å². The summed E-state index contributed by atoms with van der Waals surface area (Å²) in [7, 11) is 0. The first-order chi connectivity index (χ1) is 20.2. The second-order valence-electron chi connectivity index (χ2n) is 10.6. The van der Waals surface area contributed by atoms with E-state index in [-0.39, 0.29) is 0 Å². The number of hydrogen-bond donors (Lipinski definition) is 8. The number of hydrogen-bond acceptors (Lipinski definition) is 12. The highest BCUT2D eigenvalue weighted by atomic mass is 16.7. The Morgan fingerprint density at radius 3 is 1.81 bits per heavy atom. The number of ether oxygens (including phenoxy) is 4. The summed E-state index contributed by atoms with van der Waals surface area (Å²) in [6.07, 6.45) is -8.10. The highest BCUT2D eigenvalue weighted by Gasteiger charge is 2.48. The Morgan fingerprint density at radius 2 is 1.26 bits per heavy atom. The van der Waals surface area contributed by atoms with Crippen molar-refractivity contribution in [3.63, 3.8) is 0 Å². The molecule has 0 amide bonds. The van der Waals surface area contributed by atoms with Crippen LogP contribution in [-0.4, -0.2) is 115 Å². The minimum absolute atomic E-state index is 0.320. The maximum atomic E-state index is 10.6. The van der Waals surface area contributed by atoms with Gasteiger partial charge in [-0.05, 0) is 34.9 Å². The number of aliphatic hydroxyl groups excluding tert-OH is 8. The van der Waals surface area contributed by atoms with Crippen LogP contribution in [0.25, 0.3) is 5.57 Å². The molecule has 3 unspecified atom stereocenters. The molecule has 5 rings (SSSR count). The van der Waals surface area contributed by atoms with E-state index < -0.39 is 80.2 Å².